The highest BCUT2D eigenvalue weighted by Crippen LogP contribution is 2.28. The van der Waals surface area contributed by atoms with Gasteiger partial charge in [0.25, 0.3) is 5.91 Å². The Labute approximate surface area is 189 Å². The predicted molar refractivity (Wildman–Crippen MR) is 121 cm³/mol. The zero-order valence-electron chi connectivity index (χ0n) is 17.9. The van der Waals surface area contributed by atoms with E-state index in [9.17, 15) is 19.5 Å². The lowest BCUT2D eigenvalue weighted by Crippen LogP contribution is -2.31. The second-order valence-corrected chi connectivity index (χ2v) is 7.84. The van der Waals surface area contributed by atoms with Crippen LogP contribution in [0.5, 0.6) is 11.5 Å². The SMILES string of the molecule is COc1ccc(C(=O)c2c(C(=O)NCCCN(C)C)oc3ccc(Cl)cc3c2=O)cc1O. The van der Waals surface area contributed by atoms with Crippen molar-refractivity contribution in [2.24, 2.45) is 0 Å². The first-order chi connectivity index (χ1) is 15.2. The predicted octanol–water partition coefficient (Wildman–Crippen LogP) is 3.07. The van der Waals surface area contributed by atoms with E-state index in [0.29, 0.717) is 13.0 Å². The Hall–Kier alpha value is -3.36. The number of ether oxygens (including phenoxy) is 1. The lowest BCUT2D eigenvalue weighted by molar-refractivity contribution is 0.0912. The molecular weight excluding hydrogens is 436 g/mol. The highest BCUT2D eigenvalue weighted by molar-refractivity contribution is 6.31. The monoisotopic (exact) mass is 458 g/mol. The Bertz CT molecular complexity index is 1240. The van der Waals surface area contributed by atoms with Crippen molar-refractivity contribution in [3.05, 3.63) is 68.5 Å². The number of benzene rings is 2. The normalized spacial score (nSPS) is 11.0. The summed E-state index contributed by atoms with van der Waals surface area (Å²) in [6.45, 7) is 1.08. The van der Waals surface area contributed by atoms with E-state index in [1.165, 1.54) is 43.5 Å². The molecule has 1 aromatic heterocycles. The number of rotatable bonds is 8. The summed E-state index contributed by atoms with van der Waals surface area (Å²) >= 11 is 6.01. The van der Waals surface area contributed by atoms with Crippen LogP contribution in [0, 0.1) is 0 Å². The third-order valence-electron chi connectivity index (χ3n) is 4.79. The molecule has 0 aliphatic heterocycles. The lowest BCUT2D eigenvalue weighted by atomic mass is 9.99. The van der Waals surface area contributed by atoms with Gasteiger partial charge in [-0.25, -0.2) is 0 Å². The molecule has 1 amide bonds. The van der Waals surface area contributed by atoms with Gasteiger partial charge in [0.2, 0.25) is 17.0 Å². The molecule has 3 aromatic rings. The highest BCUT2D eigenvalue weighted by Gasteiger charge is 2.27. The molecule has 0 unspecified atom stereocenters. The number of carbonyl (C=O) groups is 2. The first-order valence-electron chi connectivity index (χ1n) is 9.84. The van der Waals surface area contributed by atoms with E-state index >= 15 is 0 Å². The molecule has 0 fully saturated rings. The summed E-state index contributed by atoms with van der Waals surface area (Å²) in [4.78, 5) is 41.3. The van der Waals surface area contributed by atoms with Crippen LogP contribution >= 0.6 is 11.6 Å². The van der Waals surface area contributed by atoms with E-state index in [1.807, 2.05) is 19.0 Å². The number of aromatic hydroxyl groups is 1. The molecule has 0 atom stereocenters. The Morgan fingerprint density at radius 3 is 2.59 bits per heavy atom. The number of halogens is 1. The van der Waals surface area contributed by atoms with Gasteiger partial charge in [-0.2, -0.15) is 0 Å². The van der Waals surface area contributed by atoms with Gasteiger partial charge in [0.15, 0.2) is 11.5 Å². The van der Waals surface area contributed by atoms with E-state index in [1.54, 1.807) is 0 Å². The highest BCUT2D eigenvalue weighted by atomic mass is 35.5. The van der Waals surface area contributed by atoms with Gasteiger partial charge in [-0.3, -0.25) is 14.4 Å². The summed E-state index contributed by atoms with van der Waals surface area (Å²) in [6.07, 6.45) is 0.668. The fourth-order valence-electron chi connectivity index (χ4n) is 3.19. The quantitative estimate of drug-likeness (QED) is 0.394. The molecule has 3 rings (SSSR count). The second-order valence-electron chi connectivity index (χ2n) is 7.40. The largest absolute Gasteiger partial charge is 0.504 e. The number of ketones is 1. The Morgan fingerprint density at radius 2 is 1.94 bits per heavy atom. The number of hydrogen-bond donors (Lipinski definition) is 2. The Morgan fingerprint density at radius 1 is 1.19 bits per heavy atom. The van der Waals surface area contributed by atoms with E-state index in [-0.39, 0.29) is 33.1 Å². The van der Waals surface area contributed by atoms with E-state index in [2.05, 4.69) is 5.32 Å². The number of hydrogen-bond acceptors (Lipinski definition) is 7. The zero-order chi connectivity index (χ0) is 23.4. The molecule has 0 aliphatic carbocycles. The molecule has 0 radical (unpaired) electrons. The number of phenolic OH excluding ortho intramolecular Hbond substituents is 1. The second kappa shape index (κ2) is 9.84. The maximum absolute atomic E-state index is 13.3. The molecule has 0 saturated heterocycles. The topological polar surface area (TPSA) is 109 Å². The zero-order valence-corrected chi connectivity index (χ0v) is 18.7. The van der Waals surface area contributed by atoms with Crippen LogP contribution in [-0.4, -0.2) is 56.0 Å². The molecule has 1 heterocycles. The number of fused-ring (bicyclic) bond motifs is 1. The molecule has 0 spiro atoms. The maximum Gasteiger partial charge on any atom is 0.287 e. The molecule has 2 N–H and O–H groups in total. The van der Waals surface area contributed by atoms with Gasteiger partial charge in [0.1, 0.15) is 11.1 Å². The Balaban J connectivity index is 2.09. The Kier molecular flexibility index (Phi) is 7.17. The number of nitrogens with zero attached hydrogens (tertiary/aromatic N) is 1. The van der Waals surface area contributed by atoms with Crippen molar-refractivity contribution >= 4 is 34.3 Å². The average Bonchev–Trinajstić information content (AvgIpc) is 2.76. The first-order valence-corrected chi connectivity index (χ1v) is 10.2. The molecule has 0 saturated carbocycles. The molecular formula is C23H23ClN2O6. The first kappa shape index (κ1) is 23.3. The van der Waals surface area contributed by atoms with Crippen LogP contribution < -0.4 is 15.5 Å². The number of nitrogens with one attached hydrogen (secondary N) is 1. The van der Waals surface area contributed by atoms with Crippen LogP contribution in [0.25, 0.3) is 11.0 Å². The third-order valence-corrected chi connectivity index (χ3v) is 5.03. The van der Waals surface area contributed by atoms with Gasteiger partial charge >= 0.3 is 0 Å². The maximum atomic E-state index is 13.3. The fraction of sp³-hybridized carbons (Fsp3) is 0.261. The number of phenols is 1. The number of carbonyl (C=O) groups excluding carboxylic acids is 2. The van der Waals surface area contributed by atoms with Gasteiger partial charge in [0.05, 0.1) is 12.5 Å². The van der Waals surface area contributed by atoms with Gasteiger partial charge in [-0.1, -0.05) is 11.6 Å². The summed E-state index contributed by atoms with van der Waals surface area (Å²) in [5, 5.41) is 13.1. The molecule has 9 heteroatoms. The van der Waals surface area contributed by atoms with Crippen LogP contribution in [0.4, 0.5) is 0 Å². The third kappa shape index (κ3) is 4.92. The summed E-state index contributed by atoms with van der Waals surface area (Å²) in [5.74, 6) is -1.95. The van der Waals surface area contributed by atoms with Crippen molar-refractivity contribution < 1.29 is 23.8 Å². The number of methoxy groups -OCH3 is 1. The summed E-state index contributed by atoms with van der Waals surface area (Å²) < 4.78 is 10.7. The fourth-order valence-corrected chi connectivity index (χ4v) is 3.36. The average molecular weight is 459 g/mol. The van der Waals surface area contributed by atoms with Crippen molar-refractivity contribution in [3.63, 3.8) is 0 Å². The molecule has 2 aromatic carbocycles. The van der Waals surface area contributed by atoms with Crippen LogP contribution in [0.2, 0.25) is 5.02 Å². The minimum atomic E-state index is -0.767. The summed E-state index contributed by atoms with van der Waals surface area (Å²) in [6, 6.07) is 8.32. The van der Waals surface area contributed by atoms with Gasteiger partial charge in [-0.15, -0.1) is 0 Å². The minimum Gasteiger partial charge on any atom is -0.504 e. The van der Waals surface area contributed by atoms with Gasteiger partial charge < -0.3 is 24.5 Å². The summed E-state index contributed by atoms with van der Waals surface area (Å²) in [5.41, 5.74) is -0.993. The van der Waals surface area contributed by atoms with Crippen LogP contribution in [0.1, 0.15) is 32.9 Å². The van der Waals surface area contributed by atoms with Crippen molar-refractivity contribution in [2.75, 3.05) is 34.3 Å². The van der Waals surface area contributed by atoms with Crippen molar-refractivity contribution in [1.82, 2.24) is 10.2 Å². The molecule has 8 nitrogen and oxygen atoms in total. The smallest absolute Gasteiger partial charge is 0.287 e. The lowest BCUT2D eigenvalue weighted by Gasteiger charge is -2.12. The number of amides is 1. The molecule has 168 valence electrons. The van der Waals surface area contributed by atoms with Gasteiger partial charge in [0, 0.05) is 17.1 Å². The van der Waals surface area contributed by atoms with Crippen LogP contribution in [0.3, 0.4) is 0 Å². The van der Waals surface area contributed by atoms with Crippen molar-refractivity contribution in [3.8, 4) is 11.5 Å². The van der Waals surface area contributed by atoms with Crippen molar-refractivity contribution in [2.45, 2.75) is 6.42 Å². The van der Waals surface area contributed by atoms with Crippen molar-refractivity contribution in [1.29, 1.82) is 0 Å². The van der Waals surface area contributed by atoms with E-state index in [4.69, 9.17) is 20.8 Å². The minimum absolute atomic E-state index is 0.00126. The van der Waals surface area contributed by atoms with Crippen LogP contribution in [0.15, 0.2) is 45.6 Å². The molecule has 0 bridgehead atoms. The van der Waals surface area contributed by atoms with Crippen LogP contribution in [-0.2, 0) is 0 Å². The van der Waals surface area contributed by atoms with Gasteiger partial charge in [-0.05, 0) is 63.5 Å². The van der Waals surface area contributed by atoms with E-state index in [0.717, 1.165) is 6.54 Å². The molecule has 0 aliphatic rings. The summed E-state index contributed by atoms with van der Waals surface area (Å²) in [7, 11) is 5.20. The molecule has 32 heavy (non-hydrogen) atoms. The van der Waals surface area contributed by atoms with E-state index < -0.39 is 28.4 Å². The standard InChI is InChI=1S/C23H23ClN2O6/c1-26(2)10-4-9-25-23(30)22-19(20(28)13-5-7-18(31-3)16(27)11-13)21(29)15-12-14(24)6-8-17(15)32-22/h5-8,11-12,27H,4,9-10H2,1-3H3,(H,25,30).